The number of hydrogen-bond acceptors (Lipinski definition) is 2. The van der Waals surface area contributed by atoms with Crippen LogP contribution in [0.1, 0.15) is 65.7 Å². The summed E-state index contributed by atoms with van der Waals surface area (Å²) >= 11 is 0. The van der Waals surface area contributed by atoms with Crippen molar-refractivity contribution in [2.24, 2.45) is 16.6 Å². The molecule has 2 heteroatoms. The molecule has 0 aliphatic heterocycles. The molecule has 2 nitrogen and oxygen atoms in total. The van der Waals surface area contributed by atoms with E-state index in [9.17, 15) is 5.11 Å². The van der Waals surface area contributed by atoms with E-state index < -0.39 is 0 Å². The minimum Gasteiger partial charge on any atom is -0.392 e. The van der Waals surface area contributed by atoms with Gasteiger partial charge < -0.3 is 10.8 Å². The van der Waals surface area contributed by atoms with Crippen molar-refractivity contribution in [3.63, 3.8) is 0 Å². The molecular formula is C14H29NO. The number of aliphatic hydroxyl groups is 1. The van der Waals surface area contributed by atoms with E-state index in [-0.39, 0.29) is 16.9 Å². The van der Waals surface area contributed by atoms with Crippen LogP contribution >= 0.6 is 0 Å². The van der Waals surface area contributed by atoms with Crippen molar-refractivity contribution in [3.05, 3.63) is 0 Å². The Morgan fingerprint density at radius 1 is 1.19 bits per heavy atom. The maximum atomic E-state index is 10.4. The molecular weight excluding hydrogens is 198 g/mol. The van der Waals surface area contributed by atoms with Gasteiger partial charge in [0.2, 0.25) is 0 Å². The van der Waals surface area contributed by atoms with E-state index in [0.717, 1.165) is 19.3 Å². The van der Waals surface area contributed by atoms with Gasteiger partial charge in [-0.25, -0.2) is 0 Å². The molecule has 0 aromatic rings. The fourth-order valence-corrected chi connectivity index (χ4v) is 3.15. The van der Waals surface area contributed by atoms with Crippen molar-refractivity contribution >= 4 is 0 Å². The molecule has 0 aromatic carbocycles. The Hall–Kier alpha value is -0.0800. The Labute approximate surface area is 101 Å². The molecule has 0 radical (unpaired) electrons. The van der Waals surface area contributed by atoms with Crippen molar-refractivity contribution in [2.75, 3.05) is 6.54 Å². The quantitative estimate of drug-likeness (QED) is 0.685. The third-order valence-electron chi connectivity index (χ3n) is 4.52. The van der Waals surface area contributed by atoms with E-state index in [1.807, 2.05) is 0 Å². The molecule has 0 aromatic heterocycles. The predicted octanol–water partition coefficient (Wildman–Crippen LogP) is 3.08. The molecule has 2 atom stereocenters. The fourth-order valence-electron chi connectivity index (χ4n) is 3.15. The summed E-state index contributed by atoms with van der Waals surface area (Å²) in [6.07, 6.45) is 8.18. The smallest absolute Gasteiger partial charge is 0.0659 e. The lowest BCUT2D eigenvalue weighted by atomic mass is 9.75. The highest BCUT2D eigenvalue weighted by Gasteiger charge is 2.50. The number of unbranched alkanes of at least 4 members (excludes halogenated alkanes) is 3. The van der Waals surface area contributed by atoms with E-state index in [0.29, 0.717) is 6.54 Å². The molecule has 3 N–H and O–H groups in total. The Morgan fingerprint density at radius 3 is 2.31 bits per heavy atom. The summed E-state index contributed by atoms with van der Waals surface area (Å²) in [7, 11) is 0. The van der Waals surface area contributed by atoms with Crippen molar-refractivity contribution in [3.8, 4) is 0 Å². The van der Waals surface area contributed by atoms with Crippen LogP contribution in [0.5, 0.6) is 0 Å². The SMILES string of the molecule is CCCCCCC1(CN)CCC(C)(C)C1O. The lowest BCUT2D eigenvalue weighted by molar-refractivity contribution is -0.0103. The van der Waals surface area contributed by atoms with Crippen LogP contribution in [-0.2, 0) is 0 Å². The lowest BCUT2D eigenvalue weighted by Crippen LogP contribution is -2.42. The maximum Gasteiger partial charge on any atom is 0.0659 e. The summed E-state index contributed by atoms with van der Waals surface area (Å²) in [6, 6.07) is 0. The zero-order chi connectivity index (χ0) is 12.2. The zero-order valence-corrected chi connectivity index (χ0v) is 11.3. The van der Waals surface area contributed by atoms with Gasteiger partial charge >= 0.3 is 0 Å². The monoisotopic (exact) mass is 227 g/mol. The molecule has 16 heavy (non-hydrogen) atoms. The van der Waals surface area contributed by atoms with Crippen molar-refractivity contribution in [1.29, 1.82) is 0 Å². The van der Waals surface area contributed by atoms with Gasteiger partial charge in [-0.05, 0) is 24.7 Å². The zero-order valence-electron chi connectivity index (χ0n) is 11.3. The molecule has 1 aliphatic rings. The second-order valence-corrected chi connectivity index (χ2v) is 6.27. The molecule has 2 unspecified atom stereocenters. The van der Waals surface area contributed by atoms with Crippen molar-refractivity contribution in [1.82, 2.24) is 0 Å². The van der Waals surface area contributed by atoms with Gasteiger partial charge in [0.25, 0.3) is 0 Å². The Kier molecular flexibility index (Phi) is 4.81. The molecule has 0 heterocycles. The summed E-state index contributed by atoms with van der Waals surface area (Å²) in [5.41, 5.74) is 6.01. The Balaban J connectivity index is 2.52. The average Bonchev–Trinajstić information content (AvgIpc) is 2.49. The van der Waals surface area contributed by atoms with E-state index in [2.05, 4.69) is 20.8 Å². The minimum absolute atomic E-state index is 0.0112. The average molecular weight is 227 g/mol. The van der Waals surface area contributed by atoms with Gasteiger partial charge in [0.05, 0.1) is 6.10 Å². The van der Waals surface area contributed by atoms with Gasteiger partial charge in [0.1, 0.15) is 0 Å². The fraction of sp³-hybridized carbons (Fsp3) is 1.00. The van der Waals surface area contributed by atoms with Gasteiger partial charge in [-0.1, -0.05) is 46.5 Å². The van der Waals surface area contributed by atoms with Crippen molar-refractivity contribution in [2.45, 2.75) is 71.8 Å². The summed E-state index contributed by atoms with van der Waals surface area (Å²) in [5, 5.41) is 10.4. The predicted molar refractivity (Wildman–Crippen MR) is 69.3 cm³/mol. The minimum atomic E-state index is -0.216. The molecule has 1 rings (SSSR count). The van der Waals surface area contributed by atoms with Crippen LogP contribution in [0, 0.1) is 10.8 Å². The summed E-state index contributed by atoms with van der Waals surface area (Å²) in [6.45, 7) is 7.21. The van der Waals surface area contributed by atoms with Crippen LogP contribution in [0.2, 0.25) is 0 Å². The number of aliphatic hydroxyl groups excluding tert-OH is 1. The molecule has 0 spiro atoms. The van der Waals surface area contributed by atoms with Gasteiger partial charge in [0.15, 0.2) is 0 Å². The van der Waals surface area contributed by atoms with Crippen molar-refractivity contribution < 1.29 is 5.11 Å². The van der Waals surface area contributed by atoms with Crippen LogP contribution in [0.25, 0.3) is 0 Å². The highest BCUT2D eigenvalue weighted by atomic mass is 16.3. The molecule has 0 bridgehead atoms. The first-order chi connectivity index (χ1) is 7.48. The second-order valence-electron chi connectivity index (χ2n) is 6.27. The highest BCUT2D eigenvalue weighted by molar-refractivity contribution is 5.01. The molecule has 96 valence electrons. The van der Waals surface area contributed by atoms with Crippen LogP contribution in [0.3, 0.4) is 0 Å². The normalized spacial score (nSPS) is 33.2. The lowest BCUT2D eigenvalue weighted by Gasteiger charge is -2.36. The number of rotatable bonds is 6. The van der Waals surface area contributed by atoms with Crippen LogP contribution in [0.15, 0.2) is 0 Å². The van der Waals surface area contributed by atoms with Crippen LogP contribution in [0.4, 0.5) is 0 Å². The molecule has 0 amide bonds. The third kappa shape index (κ3) is 2.78. The number of nitrogens with two attached hydrogens (primary N) is 1. The summed E-state index contributed by atoms with van der Waals surface area (Å²) in [5.74, 6) is 0. The standard InChI is InChI=1S/C14H29NO/c1-4-5-6-7-8-14(11-15)10-9-13(2,3)12(14)16/h12,16H,4-11,15H2,1-3H3. The molecule has 0 saturated heterocycles. The van der Waals surface area contributed by atoms with Gasteiger partial charge in [0, 0.05) is 12.0 Å². The largest absolute Gasteiger partial charge is 0.392 e. The summed E-state index contributed by atoms with van der Waals surface area (Å²) in [4.78, 5) is 0. The topological polar surface area (TPSA) is 46.2 Å². The maximum absolute atomic E-state index is 10.4. The van der Waals surface area contributed by atoms with Crippen LogP contribution in [-0.4, -0.2) is 17.8 Å². The van der Waals surface area contributed by atoms with Gasteiger partial charge in [-0.2, -0.15) is 0 Å². The third-order valence-corrected chi connectivity index (χ3v) is 4.52. The highest BCUT2D eigenvalue weighted by Crippen LogP contribution is 2.51. The Bertz CT molecular complexity index is 215. The first-order valence-corrected chi connectivity index (χ1v) is 6.87. The summed E-state index contributed by atoms with van der Waals surface area (Å²) < 4.78 is 0. The van der Waals surface area contributed by atoms with E-state index in [4.69, 9.17) is 5.73 Å². The van der Waals surface area contributed by atoms with E-state index >= 15 is 0 Å². The molecule has 1 saturated carbocycles. The first kappa shape index (κ1) is 14.0. The molecule has 1 fully saturated rings. The van der Waals surface area contributed by atoms with Gasteiger partial charge in [-0.15, -0.1) is 0 Å². The first-order valence-electron chi connectivity index (χ1n) is 6.87. The Morgan fingerprint density at radius 2 is 1.88 bits per heavy atom. The van der Waals surface area contributed by atoms with Gasteiger partial charge in [-0.3, -0.25) is 0 Å². The number of hydrogen-bond donors (Lipinski definition) is 2. The van der Waals surface area contributed by atoms with E-state index in [1.54, 1.807) is 0 Å². The second kappa shape index (κ2) is 5.50. The van der Waals surface area contributed by atoms with E-state index in [1.165, 1.54) is 25.7 Å². The van der Waals surface area contributed by atoms with Crippen LogP contribution < -0.4 is 5.73 Å². The molecule has 1 aliphatic carbocycles.